The van der Waals surface area contributed by atoms with Crippen molar-refractivity contribution in [3.63, 3.8) is 0 Å². The molecule has 0 saturated heterocycles. The van der Waals surface area contributed by atoms with Crippen molar-refractivity contribution in [3.8, 4) is 0 Å². The van der Waals surface area contributed by atoms with Crippen LogP contribution in [0.15, 0.2) is 58.3 Å². The molecule has 7 nitrogen and oxygen atoms in total. The van der Waals surface area contributed by atoms with Crippen molar-refractivity contribution in [1.29, 1.82) is 0 Å². The average molecular weight is 469 g/mol. The molecule has 3 N–H and O–H groups in total. The van der Waals surface area contributed by atoms with Crippen molar-refractivity contribution in [1.82, 2.24) is 10.3 Å². The first-order valence-electron chi connectivity index (χ1n) is 9.94. The largest absolute Gasteiger partial charge is 0.352 e. The van der Waals surface area contributed by atoms with Crippen LogP contribution in [0.25, 0.3) is 0 Å². The van der Waals surface area contributed by atoms with E-state index >= 15 is 0 Å². The van der Waals surface area contributed by atoms with Gasteiger partial charge in [0.1, 0.15) is 0 Å². The minimum Gasteiger partial charge on any atom is -0.352 e. The fourth-order valence-electron chi connectivity index (χ4n) is 2.77. The zero-order valence-corrected chi connectivity index (χ0v) is 19.4. The number of thioether (sulfide) groups is 1. The Labute approximate surface area is 195 Å². The van der Waals surface area contributed by atoms with Crippen LogP contribution in [0.2, 0.25) is 0 Å². The lowest BCUT2D eigenvalue weighted by molar-refractivity contribution is -0.120. The van der Waals surface area contributed by atoms with E-state index in [0.717, 1.165) is 9.90 Å². The van der Waals surface area contributed by atoms with Crippen molar-refractivity contribution < 1.29 is 14.4 Å². The van der Waals surface area contributed by atoms with E-state index < -0.39 is 0 Å². The smallest absolute Gasteiger partial charge is 0.234 e. The summed E-state index contributed by atoms with van der Waals surface area (Å²) in [6.45, 7) is 3.93. The van der Waals surface area contributed by atoms with Crippen molar-refractivity contribution in [3.05, 3.63) is 70.7 Å². The maximum Gasteiger partial charge on any atom is 0.234 e. The van der Waals surface area contributed by atoms with Crippen LogP contribution in [0.3, 0.4) is 0 Å². The maximum absolute atomic E-state index is 12.2. The van der Waals surface area contributed by atoms with Crippen LogP contribution in [0.1, 0.15) is 23.7 Å². The van der Waals surface area contributed by atoms with Gasteiger partial charge in [-0.05, 0) is 30.7 Å². The molecule has 0 aliphatic carbocycles. The quantitative estimate of drug-likeness (QED) is 0.412. The molecule has 0 unspecified atom stereocenters. The fraction of sp³-hybridized carbons (Fsp3) is 0.217. The number of thiazole rings is 1. The summed E-state index contributed by atoms with van der Waals surface area (Å²) in [6, 6.07) is 15.0. The number of nitrogens with zero attached hydrogens (tertiary/aromatic N) is 1. The average Bonchev–Trinajstić information content (AvgIpc) is 3.19. The number of amides is 3. The van der Waals surface area contributed by atoms with Gasteiger partial charge in [-0.1, -0.05) is 47.7 Å². The van der Waals surface area contributed by atoms with Gasteiger partial charge >= 0.3 is 0 Å². The van der Waals surface area contributed by atoms with E-state index in [1.54, 1.807) is 24.3 Å². The Bertz CT molecular complexity index is 1100. The molecule has 1 heterocycles. The number of hydrogen-bond donors (Lipinski definition) is 3. The van der Waals surface area contributed by atoms with E-state index in [2.05, 4.69) is 20.9 Å². The molecule has 3 amide bonds. The molecule has 32 heavy (non-hydrogen) atoms. The highest BCUT2D eigenvalue weighted by atomic mass is 32.2. The third kappa shape index (κ3) is 7.82. The minimum absolute atomic E-state index is 0.0933. The molecular formula is C23H24N4O3S2. The predicted octanol–water partition coefficient (Wildman–Crippen LogP) is 4.00. The third-order valence-electron chi connectivity index (χ3n) is 4.28. The number of hydrogen-bond acceptors (Lipinski definition) is 6. The molecule has 0 aliphatic heterocycles. The van der Waals surface area contributed by atoms with Gasteiger partial charge in [-0.3, -0.25) is 14.4 Å². The predicted molar refractivity (Wildman–Crippen MR) is 129 cm³/mol. The molecule has 0 spiro atoms. The van der Waals surface area contributed by atoms with Crippen molar-refractivity contribution in [2.24, 2.45) is 0 Å². The monoisotopic (exact) mass is 468 g/mol. The Hall–Kier alpha value is -3.17. The summed E-state index contributed by atoms with van der Waals surface area (Å²) < 4.78 is 0.730. The molecule has 0 saturated carbocycles. The van der Waals surface area contributed by atoms with Crippen LogP contribution in [0.5, 0.6) is 0 Å². The molecule has 166 valence electrons. The highest BCUT2D eigenvalue weighted by Crippen LogP contribution is 2.23. The lowest BCUT2D eigenvalue weighted by Crippen LogP contribution is -2.24. The van der Waals surface area contributed by atoms with Crippen molar-refractivity contribution >= 4 is 52.2 Å². The number of benzene rings is 2. The number of carbonyl (C=O) groups excluding carboxylic acids is 3. The fourth-order valence-corrected chi connectivity index (χ4v) is 4.42. The number of carbonyl (C=O) groups is 3. The second-order valence-corrected chi connectivity index (χ2v) is 9.22. The Kier molecular flexibility index (Phi) is 8.41. The maximum atomic E-state index is 12.2. The van der Waals surface area contributed by atoms with Gasteiger partial charge in [0.05, 0.1) is 17.9 Å². The first kappa shape index (κ1) is 23.5. The van der Waals surface area contributed by atoms with Crippen LogP contribution in [-0.2, 0) is 27.3 Å². The zero-order chi connectivity index (χ0) is 22.9. The number of nitrogens with one attached hydrogen (secondary N) is 3. The summed E-state index contributed by atoms with van der Waals surface area (Å²) in [5.41, 5.74) is 4.13. The summed E-state index contributed by atoms with van der Waals surface area (Å²) >= 11 is 2.73. The Morgan fingerprint density at radius 3 is 2.44 bits per heavy atom. The van der Waals surface area contributed by atoms with Gasteiger partial charge < -0.3 is 16.0 Å². The van der Waals surface area contributed by atoms with Crippen LogP contribution in [0, 0.1) is 6.92 Å². The minimum atomic E-state index is -0.178. The van der Waals surface area contributed by atoms with Crippen LogP contribution >= 0.6 is 23.1 Å². The summed E-state index contributed by atoms with van der Waals surface area (Å²) in [5.74, 6) is -0.254. The molecule has 9 heteroatoms. The molecule has 0 fully saturated rings. The van der Waals surface area contributed by atoms with Crippen LogP contribution in [0.4, 0.5) is 11.4 Å². The summed E-state index contributed by atoms with van der Waals surface area (Å²) in [4.78, 5) is 40.0. The molecule has 0 bridgehead atoms. The number of rotatable bonds is 9. The standard InChI is InChI=1S/C23H24N4O3S2/c1-15-6-8-17(9-7-15)12-24-21(29)11-20-13-31-23(27-20)32-14-22(30)26-19-5-3-4-18(10-19)25-16(2)28/h3-10,13H,11-12,14H2,1-2H3,(H,24,29)(H,25,28)(H,26,30). The van der Waals surface area contributed by atoms with E-state index in [1.165, 1.54) is 35.6 Å². The molecule has 2 aromatic carbocycles. The van der Waals surface area contributed by atoms with Crippen molar-refractivity contribution in [2.75, 3.05) is 16.4 Å². The third-order valence-corrected chi connectivity index (χ3v) is 6.35. The molecule has 1 aromatic heterocycles. The second kappa shape index (κ2) is 11.4. The van der Waals surface area contributed by atoms with E-state index in [4.69, 9.17) is 0 Å². The summed E-state index contributed by atoms with van der Waals surface area (Å²) in [5, 5.41) is 10.2. The van der Waals surface area contributed by atoms with Gasteiger partial charge in [0.15, 0.2) is 4.34 Å². The molecule has 3 rings (SSSR count). The van der Waals surface area contributed by atoms with E-state index in [0.29, 0.717) is 23.6 Å². The van der Waals surface area contributed by atoms with Crippen molar-refractivity contribution in [2.45, 2.75) is 31.2 Å². The van der Waals surface area contributed by atoms with Gasteiger partial charge in [0.25, 0.3) is 0 Å². The first-order chi connectivity index (χ1) is 15.4. The first-order valence-corrected chi connectivity index (χ1v) is 11.8. The SMILES string of the molecule is CC(=O)Nc1cccc(NC(=O)CSc2nc(CC(=O)NCc3ccc(C)cc3)cs2)c1. The van der Waals surface area contributed by atoms with Crippen LogP contribution in [-0.4, -0.2) is 28.5 Å². The van der Waals surface area contributed by atoms with E-state index in [1.807, 2.05) is 36.6 Å². The normalized spacial score (nSPS) is 10.4. The Morgan fingerprint density at radius 1 is 1.00 bits per heavy atom. The van der Waals surface area contributed by atoms with E-state index in [9.17, 15) is 14.4 Å². The molecule has 0 atom stereocenters. The van der Waals surface area contributed by atoms with Gasteiger partial charge in [-0.25, -0.2) is 4.98 Å². The molecular weight excluding hydrogens is 444 g/mol. The van der Waals surface area contributed by atoms with Gasteiger partial charge in [-0.2, -0.15) is 0 Å². The lowest BCUT2D eigenvalue weighted by Gasteiger charge is -2.07. The highest BCUT2D eigenvalue weighted by Gasteiger charge is 2.10. The topological polar surface area (TPSA) is 100 Å². The zero-order valence-electron chi connectivity index (χ0n) is 17.8. The highest BCUT2D eigenvalue weighted by molar-refractivity contribution is 8.01. The summed E-state index contributed by atoms with van der Waals surface area (Å²) in [6.07, 6.45) is 0.199. The molecule has 0 radical (unpaired) electrons. The lowest BCUT2D eigenvalue weighted by atomic mass is 10.1. The Balaban J connectivity index is 1.42. The van der Waals surface area contributed by atoms with Gasteiger partial charge in [0.2, 0.25) is 17.7 Å². The number of aryl methyl sites for hydroxylation is 1. The summed E-state index contributed by atoms with van der Waals surface area (Å²) in [7, 11) is 0. The molecule has 0 aliphatic rings. The van der Waals surface area contributed by atoms with Crippen LogP contribution < -0.4 is 16.0 Å². The Morgan fingerprint density at radius 2 is 1.72 bits per heavy atom. The number of aromatic nitrogens is 1. The van der Waals surface area contributed by atoms with Gasteiger partial charge in [0, 0.05) is 30.2 Å². The number of anilines is 2. The molecule has 3 aromatic rings. The van der Waals surface area contributed by atoms with E-state index in [-0.39, 0.29) is 29.9 Å². The second-order valence-electron chi connectivity index (χ2n) is 7.14. The van der Waals surface area contributed by atoms with Gasteiger partial charge in [-0.15, -0.1) is 11.3 Å².